The number of amides is 1. The van der Waals surface area contributed by atoms with Crippen molar-refractivity contribution in [1.29, 1.82) is 0 Å². The van der Waals surface area contributed by atoms with Gasteiger partial charge in [0.2, 0.25) is 10.0 Å². The minimum atomic E-state index is -3.77. The van der Waals surface area contributed by atoms with E-state index >= 15 is 0 Å². The van der Waals surface area contributed by atoms with Crippen LogP contribution in [0.25, 0.3) is 0 Å². The van der Waals surface area contributed by atoms with Crippen molar-refractivity contribution in [3.8, 4) is 11.5 Å². The molecule has 0 unspecified atom stereocenters. The van der Waals surface area contributed by atoms with E-state index in [9.17, 15) is 13.2 Å². The SMILES string of the molecule is COC[C@@H](C)NC(=O)c1cc(OC)c(OC)cc1N(Cc1ccc(Cl)cc1)S(C)(=O)=O. The number of nitrogens with zero attached hydrogens (tertiary/aromatic N) is 1. The normalized spacial score (nSPS) is 12.2. The van der Waals surface area contributed by atoms with Gasteiger partial charge >= 0.3 is 0 Å². The summed E-state index contributed by atoms with van der Waals surface area (Å²) in [6.07, 6.45) is 1.08. The number of anilines is 1. The monoisotopic (exact) mass is 470 g/mol. The second-order valence-electron chi connectivity index (χ2n) is 6.95. The van der Waals surface area contributed by atoms with Crippen molar-refractivity contribution in [1.82, 2.24) is 5.32 Å². The van der Waals surface area contributed by atoms with Crippen molar-refractivity contribution in [3.63, 3.8) is 0 Å². The van der Waals surface area contributed by atoms with E-state index in [1.165, 1.54) is 33.5 Å². The molecule has 0 bridgehead atoms. The predicted molar refractivity (Wildman–Crippen MR) is 121 cm³/mol. The highest BCUT2D eigenvalue weighted by Gasteiger charge is 2.27. The van der Waals surface area contributed by atoms with Gasteiger partial charge in [0, 0.05) is 24.2 Å². The fourth-order valence-corrected chi connectivity index (χ4v) is 4.00. The molecule has 0 aromatic heterocycles. The number of halogens is 1. The van der Waals surface area contributed by atoms with Gasteiger partial charge in [-0.05, 0) is 30.7 Å². The highest BCUT2D eigenvalue weighted by Crippen LogP contribution is 2.37. The Morgan fingerprint density at radius 1 is 1.10 bits per heavy atom. The van der Waals surface area contributed by atoms with Crippen LogP contribution in [0.1, 0.15) is 22.8 Å². The summed E-state index contributed by atoms with van der Waals surface area (Å²) in [6, 6.07) is 9.44. The highest BCUT2D eigenvalue weighted by atomic mass is 35.5. The molecule has 0 fully saturated rings. The van der Waals surface area contributed by atoms with E-state index in [1.807, 2.05) is 0 Å². The Morgan fingerprint density at radius 2 is 1.68 bits per heavy atom. The van der Waals surface area contributed by atoms with Crippen molar-refractivity contribution in [2.75, 3.05) is 38.5 Å². The number of sulfonamides is 1. The van der Waals surface area contributed by atoms with Crippen LogP contribution in [-0.2, 0) is 21.3 Å². The van der Waals surface area contributed by atoms with E-state index in [1.54, 1.807) is 31.2 Å². The number of carbonyl (C=O) groups excluding carboxylic acids is 1. The van der Waals surface area contributed by atoms with Gasteiger partial charge in [0.05, 0.1) is 44.9 Å². The molecule has 170 valence electrons. The zero-order valence-corrected chi connectivity index (χ0v) is 19.7. The molecule has 8 nitrogen and oxygen atoms in total. The highest BCUT2D eigenvalue weighted by molar-refractivity contribution is 7.92. The predicted octanol–water partition coefficient (Wildman–Crippen LogP) is 3.09. The van der Waals surface area contributed by atoms with Crippen LogP contribution < -0.4 is 19.1 Å². The molecule has 0 heterocycles. The maximum atomic E-state index is 13.0. The first kappa shape index (κ1) is 24.8. The molecule has 0 radical (unpaired) electrons. The van der Waals surface area contributed by atoms with Crippen LogP contribution in [0.2, 0.25) is 5.02 Å². The molecule has 0 saturated heterocycles. The van der Waals surface area contributed by atoms with Crippen LogP contribution in [0.4, 0.5) is 5.69 Å². The largest absolute Gasteiger partial charge is 0.493 e. The summed E-state index contributed by atoms with van der Waals surface area (Å²) in [4.78, 5) is 13.0. The summed E-state index contributed by atoms with van der Waals surface area (Å²) in [6.45, 7) is 2.08. The van der Waals surface area contributed by atoms with E-state index in [2.05, 4.69) is 5.32 Å². The van der Waals surface area contributed by atoms with Gasteiger partial charge in [-0.1, -0.05) is 23.7 Å². The third kappa shape index (κ3) is 6.49. The van der Waals surface area contributed by atoms with Gasteiger partial charge in [-0.25, -0.2) is 8.42 Å². The number of nitrogens with one attached hydrogen (secondary N) is 1. The fourth-order valence-electron chi connectivity index (χ4n) is 2.99. The Hall–Kier alpha value is -2.49. The summed E-state index contributed by atoms with van der Waals surface area (Å²) >= 11 is 5.94. The smallest absolute Gasteiger partial charge is 0.253 e. The zero-order valence-electron chi connectivity index (χ0n) is 18.1. The summed E-state index contributed by atoms with van der Waals surface area (Å²) < 4.78 is 42.3. The molecule has 0 aliphatic carbocycles. The van der Waals surface area contributed by atoms with Gasteiger partial charge in [0.1, 0.15) is 0 Å². The average Bonchev–Trinajstić information content (AvgIpc) is 2.71. The lowest BCUT2D eigenvalue weighted by Gasteiger charge is -2.26. The molecule has 10 heteroatoms. The van der Waals surface area contributed by atoms with E-state index in [0.717, 1.165) is 10.6 Å². The lowest BCUT2D eigenvalue weighted by Crippen LogP contribution is -2.37. The fraction of sp³-hybridized carbons (Fsp3) is 0.381. The van der Waals surface area contributed by atoms with E-state index in [0.29, 0.717) is 28.7 Å². The van der Waals surface area contributed by atoms with E-state index < -0.39 is 15.9 Å². The number of hydrogen-bond donors (Lipinski definition) is 1. The molecular weight excluding hydrogens is 444 g/mol. The third-order valence-electron chi connectivity index (χ3n) is 4.45. The minimum Gasteiger partial charge on any atom is -0.493 e. The van der Waals surface area contributed by atoms with Gasteiger partial charge in [-0.15, -0.1) is 0 Å². The Bertz CT molecular complexity index is 1010. The molecule has 2 aromatic rings. The second kappa shape index (κ2) is 10.7. The van der Waals surface area contributed by atoms with E-state index in [-0.39, 0.29) is 23.8 Å². The van der Waals surface area contributed by atoms with Crippen LogP contribution in [0.3, 0.4) is 0 Å². The molecule has 0 aliphatic heterocycles. The van der Waals surface area contributed by atoms with Gasteiger partial charge in [0.25, 0.3) is 5.91 Å². The first-order valence-electron chi connectivity index (χ1n) is 9.38. The lowest BCUT2D eigenvalue weighted by atomic mass is 10.1. The molecule has 2 aromatic carbocycles. The molecule has 0 spiro atoms. The maximum absolute atomic E-state index is 13.0. The van der Waals surface area contributed by atoms with E-state index in [4.69, 9.17) is 25.8 Å². The Morgan fingerprint density at radius 3 is 2.19 bits per heavy atom. The van der Waals surface area contributed by atoms with Gasteiger partial charge < -0.3 is 19.5 Å². The molecule has 0 aliphatic rings. The number of methoxy groups -OCH3 is 3. The van der Waals surface area contributed by atoms with Gasteiger partial charge in [0.15, 0.2) is 11.5 Å². The Balaban J connectivity index is 2.61. The van der Waals surface area contributed by atoms with Gasteiger partial charge in [-0.3, -0.25) is 9.10 Å². The number of hydrogen-bond acceptors (Lipinski definition) is 6. The van der Waals surface area contributed by atoms with Crippen LogP contribution in [0, 0.1) is 0 Å². The van der Waals surface area contributed by atoms with Crippen molar-refractivity contribution in [2.24, 2.45) is 0 Å². The Kier molecular flexibility index (Phi) is 8.55. The lowest BCUT2D eigenvalue weighted by molar-refractivity contribution is 0.0906. The summed E-state index contributed by atoms with van der Waals surface area (Å²) in [5.41, 5.74) is 0.987. The van der Waals surface area contributed by atoms with Gasteiger partial charge in [-0.2, -0.15) is 0 Å². The first-order chi connectivity index (χ1) is 14.6. The quantitative estimate of drug-likeness (QED) is 0.573. The molecule has 31 heavy (non-hydrogen) atoms. The molecule has 1 atom stereocenters. The van der Waals surface area contributed by atoms with Crippen molar-refractivity contribution in [3.05, 3.63) is 52.5 Å². The van der Waals surface area contributed by atoms with Crippen LogP contribution in [-0.4, -0.2) is 54.6 Å². The molecular formula is C21H27ClN2O6S. The molecule has 1 N–H and O–H groups in total. The minimum absolute atomic E-state index is 0.000605. The standard InChI is InChI=1S/C21H27ClN2O6S/c1-14(13-28-2)23-21(25)17-10-19(29-3)20(30-4)11-18(17)24(31(5,26)27)12-15-6-8-16(22)9-7-15/h6-11,14H,12-13H2,1-5H3,(H,23,25)/t14-/m1/s1. The number of rotatable bonds is 10. The van der Waals surface area contributed by atoms with Crippen molar-refractivity contribution >= 4 is 33.2 Å². The first-order valence-corrected chi connectivity index (χ1v) is 11.6. The molecule has 0 saturated carbocycles. The van der Waals surface area contributed by atoms with Crippen molar-refractivity contribution in [2.45, 2.75) is 19.5 Å². The zero-order chi connectivity index (χ0) is 23.2. The summed E-state index contributed by atoms with van der Waals surface area (Å²) in [7, 11) is 0.639. The van der Waals surface area contributed by atoms with Crippen molar-refractivity contribution < 1.29 is 27.4 Å². The second-order valence-corrected chi connectivity index (χ2v) is 9.29. The number of carbonyl (C=O) groups is 1. The average molecular weight is 471 g/mol. The molecule has 1 amide bonds. The number of ether oxygens (including phenoxy) is 3. The topological polar surface area (TPSA) is 94.2 Å². The van der Waals surface area contributed by atoms with Crippen LogP contribution in [0.5, 0.6) is 11.5 Å². The third-order valence-corrected chi connectivity index (χ3v) is 5.83. The maximum Gasteiger partial charge on any atom is 0.253 e. The molecule has 2 rings (SSSR count). The number of benzene rings is 2. The summed E-state index contributed by atoms with van der Waals surface area (Å²) in [5, 5.41) is 3.34. The summed E-state index contributed by atoms with van der Waals surface area (Å²) in [5.74, 6) is 0.129. The van der Waals surface area contributed by atoms with Crippen LogP contribution >= 0.6 is 11.6 Å². The van der Waals surface area contributed by atoms with Crippen LogP contribution in [0.15, 0.2) is 36.4 Å². The Labute approximate surface area is 188 Å².